The van der Waals surface area contributed by atoms with Gasteiger partial charge in [0.15, 0.2) is 0 Å². The quantitative estimate of drug-likeness (QED) is 0.356. The van der Waals surface area contributed by atoms with Gasteiger partial charge in [0, 0.05) is 42.9 Å². The molecule has 1 aliphatic heterocycles. The molecule has 0 unspecified atom stereocenters. The first kappa shape index (κ1) is 17.5. The highest BCUT2D eigenvalue weighted by molar-refractivity contribution is 6.00. The minimum Gasteiger partial charge on any atom is -0.356 e. The normalized spacial score (nSPS) is 14.9. The van der Waals surface area contributed by atoms with E-state index in [2.05, 4.69) is 9.89 Å². The SMILES string of the molecule is O=[N+]([O-])c1ccc(N=C(c2ccc([N+](=O)[O-])cc2)N2CCCCC2)cc1. The highest BCUT2D eigenvalue weighted by Crippen LogP contribution is 2.23. The predicted molar refractivity (Wildman–Crippen MR) is 97.8 cm³/mol. The summed E-state index contributed by atoms with van der Waals surface area (Å²) in [6, 6.07) is 12.4. The van der Waals surface area contributed by atoms with Crippen LogP contribution in [0, 0.1) is 20.2 Å². The third-order valence-electron chi connectivity index (χ3n) is 4.29. The Bertz CT molecular complexity index is 825. The van der Waals surface area contributed by atoms with Crippen LogP contribution in [-0.4, -0.2) is 33.7 Å². The second kappa shape index (κ2) is 7.73. The number of benzene rings is 2. The van der Waals surface area contributed by atoms with Crippen molar-refractivity contribution in [2.75, 3.05) is 13.1 Å². The largest absolute Gasteiger partial charge is 0.356 e. The fraction of sp³-hybridized carbons (Fsp3) is 0.278. The Balaban J connectivity index is 1.96. The fourth-order valence-corrected chi connectivity index (χ4v) is 2.93. The van der Waals surface area contributed by atoms with E-state index in [1.54, 1.807) is 24.3 Å². The Kier molecular flexibility index (Phi) is 5.21. The molecule has 3 rings (SSSR count). The molecule has 8 nitrogen and oxygen atoms in total. The van der Waals surface area contributed by atoms with Crippen molar-refractivity contribution in [1.82, 2.24) is 4.90 Å². The molecule has 8 heteroatoms. The summed E-state index contributed by atoms with van der Waals surface area (Å²) in [4.78, 5) is 27.6. The first-order valence-corrected chi connectivity index (χ1v) is 8.37. The third kappa shape index (κ3) is 4.02. The average molecular weight is 354 g/mol. The van der Waals surface area contributed by atoms with Crippen molar-refractivity contribution < 1.29 is 9.85 Å². The zero-order valence-corrected chi connectivity index (χ0v) is 14.1. The van der Waals surface area contributed by atoms with Crippen LogP contribution >= 0.6 is 0 Å². The second-order valence-corrected chi connectivity index (χ2v) is 6.06. The Morgan fingerprint density at radius 2 is 1.31 bits per heavy atom. The number of hydrogen-bond donors (Lipinski definition) is 0. The van der Waals surface area contributed by atoms with Crippen molar-refractivity contribution in [2.45, 2.75) is 19.3 Å². The number of likely N-dealkylation sites (tertiary alicyclic amines) is 1. The Hall–Kier alpha value is -3.29. The van der Waals surface area contributed by atoms with E-state index in [9.17, 15) is 20.2 Å². The van der Waals surface area contributed by atoms with Crippen LogP contribution in [0.4, 0.5) is 17.1 Å². The van der Waals surface area contributed by atoms with Crippen molar-refractivity contribution in [3.63, 3.8) is 0 Å². The van der Waals surface area contributed by atoms with Crippen molar-refractivity contribution in [3.8, 4) is 0 Å². The van der Waals surface area contributed by atoms with Gasteiger partial charge in [-0.3, -0.25) is 20.2 Å². The molecule has 0 saturated carbocycles. The molecule has 0 bridgehead atoms. The van der Waals surface area contributed by atoms with Gasteiger partial charge < -0.3 is 4.90 Å². The van der Waals surface area contributed by atoms with Gasteiger partial charge in [-0.25, -0.2) is 4.99 Å². The van der Waals surface area contributed by atoms with Crippen LogP contribution in [0.1, 0.15) is 24.8 Å². The number of piperidine rings is 1. The molecule has 0 aliphatic carbocycles. The maximum atomic E-state index is 10.9. The molecule has 1 aliphatic rings. The summed E-state index contributed by atoms with van der Waals surface area (Å²) >= 11 is 0. The van der Waals surface area contributed by atoms with Crippen LogP contribution in [0.15, 0.2) is 53.5 Å². The van der Waals surface area contributed by atoms with Crippen LogP contribution in [0.5, 0.6) is 0 Å². The standard InChI is InChI=1S/C18H18N4O4/c23-21(24)16-8-4-14(5-9-16)18(20-12-2-1-3-13-20)19-15-6-10-17(11-7-15)22(25)26/h4-11H,1-3,12-13H2. The van der Waals surface area contributed by atoms with Gasteiger partial charge in [-0.05, 0) is 43.5 Å². The molecule has 0 spiro atoms. The van der Waals surface area contributed by atoms with E-state index in [1.807, 2.05) is 0 Å². The lowest BCUT2D eigenvalue weighted by Crippen LogP contribution is -2.36. The summed E-state index contributed by atoms with van der Waals surface area (Å²) in [6.07, 6.45) is 3.29. The van der Waals surface area contributed by atoms with Crippen molar-refractivity contribution >= 4 is 22.9 Å². The van der Waals surface area contributed by atoms with Crippen molar-refractivity contribution in [3.05, 3.63) is 74.3 Å². The first-order valence-electron chi connectivity index (χ1n) is 8.37. The number of hydrogen-bond acceptors (Lipinski definition) is 5. The molecule has 0 amide bonds. The zero-order chi connectivity index (χ0) is 18.5. The minimum atomic E-state index is -0.449. The number of aliphatic imine (C=N–C) groups is 1. The number of amidine groups is 1. The van der Waals surface area contributed by atoms with E-state index in [0.717, 1.165) is 37.3 Å². The number of nitro groups is 2. The van der Waals surface area contributed by atoms with Crippen LogP contribution in [0.25, 0.3) is 0 Å². The molecule has 1 heterocycles. The molecule has 0 N–H and O–H groups in total. The van der Waals surface area contributed by atoms with Gasteiger partial charge in [-0.1, -0.05) is 0 Å². The summed E-state index contributed by atoms with van der Waals surface area (Å²) in [5.74, 6) is 0.730. The molecule has 134 valence electrons. The highest BCUT2D eigenvalue weighted by Gasteiger charge is 2.18. The molecule has 2 aromatic carbocycles. The van der Waals surface area contributed by atoms with Gasteiger partial charge in [0.2, 0.25) is 0 Å². The van der Waals surface area contributed by atoms with E-state index in [4.69, 9.17) is 0 Å². The minimum absolute atomic E-state index is 0.0128. The molecule has 0 atom stereocenters. The third-order valence-corrected chi connectivity index (χ3v) is 4.29. The monoisotopic (exact) mass is 354 g/mol. The highest BCUT2D eigenvalue weighted by atomic mass is 16.6. The average Bonchev–Trinajstić information content (AvgIpc) is 2.67. The second-order valence-electron chi connectivity index (χ2n) is 6.06. The maximum absolute atomic E-state index is 10.9. The summed E-state index contributed by atoms with van der Waals surface area (Å²) in [5.41, 5.74) is 1.44. The van der Waals surface area contributed by atoms with E-state index in [-0.39, 0.29) is 11.4 Å². The van der Waals surface area contributed by atoms with Gasteiger partial charge in [0.1, 0.15) is 5.84 Å². The lowest BCUT2D eigenvalue weighted by molar-refractivity contribution is -0.385. The molecule has 2 aromatic rings. The molecule has 0 aromatic heterocycles. The van der Waals surface area contributed by atoms with Crippen LogP contribution in [0.2, 0.25) is 0 Å². The number of nitro benzene ring substituents is 2. The lowest BCUT2D eigenvalue weighted by Gasteiger charge is -2.30. The van der Waals surface area contributed by atoms with Gasteiger partial charge in [0.25, 0.3) is 11.4 Å². The van der Waals surface area contributed by atoms with E-state index in [1.165, 1.54) is 30.7 Å². The Morgan fingerprint density at radius 1 is 0.808 bits per heavy atom. The smallest absolute Gasteiger partial charge is 0.269 e. The molecule has 1 fully saturated rings. The zero-order valence-electron chi connectivity index (χ0n) is 14.1. The Labute approximate surface area is 150 Å². The van der Waals surface area contributed by atoms with Crippen LogP contribution < -0.4 is 0 Å². The molecule has 0 radical (unpaired) electrons. The number of rotatable bonds is 4. The fourth-order valence-electron chi connectivity index (χ4n) is 2.93. The van der Waals surface area contributed by atoms with E-state index < -0.39 is 9.85 Å². The van der Waals surface area contributed by atoms with Gasteiger partial charge in [-0.2, -0.15) is 0 Å². The molecule has 1 saturated heterocycles. The number of non-ortho nitro benzene ring substituents is 2. The van der Waals surface area contributed by atoms with Crippen molar-refractivity contribution in [1.29, 1.82) is 0 Å². The first-order chi connectivity index (χ1) is 12.5. The van der Waals surface area contributed by atoms with Crippen LogP contribution in [-0.2, 0) is 0 Å². The lowest BCUT2D eigenvalue weighted by atomic mass is 10.1. The topological polar surface area (TPSA) is 102 Å². The van der Waals surface area contributed by atoms with Gasteiger partial charge in [-0.15, -0.1) is 0 Å². The molecular formula is C18H18N4O4. The number of nitrogens with zero attached hydrogens (tertiary/aromatic N) is 4. The molecular weight excluding hydrogens is 336 g/mol. The summed E-state index contributed by atoms with van der Waals surface area (Å²) in [5, 5.41) is 21.7. The van der Waals surface area contributed by atoms with Gasteiger partial charge >= 0.3 is 0 Å². The Morgan fingerprint density at radius 3 is 1.81 bits per heavy atom. The summed E-state index contributed by atoms with van der Waals surface area (Å²) < 4.78 is 0. The summed E-state index contributed by atoms with van der Waals surface area (Å²) in [7, 11) is 0. The van der Waals surface area contributed by atoms with Crippen LogP contribution in [0.3, 0.4) is 0 Å². The van der Waals surface area contributed by atoms with Gasteiger partial charge in [0.05, 0.1) is 15.5 Å². The summed E-state index contributed by atoms with van der Waals surface area (Å²) in [6.45, 7) is 1.73. The van der Waals surface area contributed by atoms with E-state index >= 15 is 0 Å². The predicted octanol–water partition coefficient (Wildman–Crippen LogP) is 4.07. The van der Waals surface area contributed by atoms with Crippen molar-refractivity contribution in [2.24, 2.45) is 4.99 Å². The maximum Gasteiger partial charge on any atom is 0.269 e. The van der Waals surface area contributed by atoms with E-state index in [0.29, 0.717) is 5.69 Å². The molecule has 26 heavy (non-hydrogen) atoms.